The molecule has 12 heavy (non-hydrogen) atoms. The Labute approximate surface area is 73.1 Å². The Balaban J connectivity index is 2.07. The molecule has 0 spiro atoms. The van der Waals surface area contributed by atoms with Gasteiger partial charge in [-0.05, 0) is 18.1 Å². The molecular weight excluding hydrogens is 146 g/mol. The first-order valence-corrected chi connectivity index (χ1v) is 4.47. The van der Waals surface area contributed by atoms with Crippen molar-refractivity contribution in [1.29, 1.82) is 0 Å². The Kier molecular flexibility index (Phi) is 1.86. The Bertz CT molecular complexity index is 313. The smallest absolute Gasteiger partial charge is 0.0426 e. The molecule has 0 radical (unpaired) electrons. The number of rotatable bonds is 3. The van der Waals surface area contributed by atoms with Crippen LogP contribution in [0.25, 0.3) is 11.8 Å². The van der Waals surface area contributed by atoms with Crippen LogP contribution in [0.15, 0.2) is 24.3 Å². The molecule has 0 aliphatic heterocycles. The zero-order valence-corrected chi connectivity index (χ0v) is 7.30. The van der Waals surface area contributed by atoms with Crippen LogP contribution < -0.4 is 5.32 Å². The second-order valence-corrected chi connectivity index (χ2v) is 3.07. The third kappa shape index (κ3) is 1.11. The number of benzene rings is 1. The molecule has 1 nitrogen and oxygen atoms in total. The van der Waals surface area contributed by atoms with Crippen LogP contribution in [-0.2, 0) is 0 Å². The topological polar surface area (TPSA) is 12.0 Å². The number of hydrogen-bond donors (Lipinski definition) is 1. The molecule has 1 N–H and O–H groups in total. The SMILES string of the molecule is CCCNC1=Cc2ccccc21. The molecule has 62 valence electrons. The van der Waals surface area contributed by atoms with Gasteiger partial charge >= 0.3 is 0 Å². The van der Waals surface area contributed by atoms with E-state index in [1.165, 1.54) is 23.2 Å². The van der Waals surface area contributed by atoms with Gasteiger partial charge in [0.25, 0.3) is 0 Å². The fraction of sp³-hybridized carbons (Fsp3) is 0.273. The van der Waals surface area contributed by atoms with E-state index in [0.29, 0.717) is 0 Å². The Hall–Kier alpha value is -1.24. The summed E-state index contributed by atoms with van der Waals surface area (Å²) >= 11 is 0. The van der Waals surface area contributed by atoms with Gasteiger partial charge in [0.1, 0.15) is 0 Å². The van der Waals surface area contributed by atoms with E-state index in [1.807, 2.05) is 0 Å². The van der Waals surface area contributed by atoms with E-state index in [9.17, 15) is 0 Å². The summed E-state index contributed by atoms with van der Waals surface area (Å²) in [5, 5.41) is 3.39. The molecule has 0 atom stereocenters. The van der Waals surface area contributed by atoms with Crippen LogP contribution in [0.5, 0.6) is 0 Å². The lowest BCUT2D eigenvalue weighted by molar-refractivity contribution is 0.822. The van der Waals surface area contributed by atoms with Crippen molar-refractivity contribution in [2.75, 3.05) is 6.54 Å². The highest BCUT2D eigenvalue weighted by molar-refractivity contribution is 5.94. The van der Waals surface area contributed by atoms with Gasteiger partial charge in [-0.25, -0.2) is 0 Å². The maximum absolute atomic E-state index is 3.39. The monoisotopic (exact) mass is 159 g/mol. The van der Waals surface area contributed by atoms with Gasteiger partial charge < -0.3 is 5.32 Å². The minimum Gasteiger partial charge on any atom is -0.385 e. The molecule has 0 unspecified atom stereocenters. The third-order valence-electron chi connectivity index (χ3n) is 2.12. The first-order valence-electron chi connectivity index (χ1n) is 4.47. The summed E-state index contributed by atoms with van der Waals surface area (Å²) in [6.07, 6.45) is 3.38. The summed E-state index contributed by atoms with van der Waals surface area (Å²) in [4.78, 5) is 0. The summed E-state index contributed by atoms with van der Waals surface area (Å²) in [6.45, 7) is 3.25. The molecule has 1 aromatic rings. The van der Waals surface area contributed by atoms with Crippen molar-refractivity contribution >= 4 is 11.8 Å². The van der Waals surface area contributed by atoms with Crippen LogP contribution >= 0.6 is 0 Å². The van der Waals surface area contributed by atoms with Gasteiger partial charge in [0.15, 0.2) is 0 Å². The molecule has 2 rings (SSSR count). The third-order valence-corrected chi connectivity index (χ3v) is 2.12. The molecule has 1 aliphatic carbocycles. The average Bonchev–Trinajstić information content (AvgIpc) is 2.07. The van der Waals surface area contributed by atoms with Gasteiger partial charge in [-0.3, -0.25) is 0 Å². The molecule has 1 heteroatoms. The molecule has 0 heterocycles. The van der Waals surface area contributed by atoms with E-state index in [1.54, 1.807) is 0 Å². The summed E-state index contributed by atoms with van der Waals surface area (Å²) in [7, 11) is 0. The van der Waals surface area contributed by atoms with Crippen LogP contribution in [0.2, 0.25) is 0 Å². The number of hydrogen-bond acceptors (Lipinski definition) is 1. The van der Waals surface area contributed by atoms with E-state index < -0.39 is 0 Å². The van der Waals surface area contributed by atoms with Gasteiger partial charge in [0, 0.05) is 17.8 Å². The Morgan fingerprint density at radius 3 is 2.83 bits per heavy atom. The average molecular weight is 159 g/mol. The van der Waals surface area contributed by atoms with Gasteiger partial charge in [-0.15, -0.1) is 0 Å². The molecule has 0 saturated heterocycles. The molecule has 0 bridgehead atoms. The molecule has 0 aromatic heterocycles. The Morgan fingerprint density at radius 2 is 2.08 bits per heavy atom. The minimum atomic E-state index is 1.07. The minimum absolute atomic E-state index is 1.07. The molecule has 0 fully saturated rings. The first kappa shape index (κ1) is 7.41. The molecule has 1 aliphatic rings. The van der Waals surface area contributed by atoms with Crippen LogP contribution in [0, 0.1) is 0 Å². The van der Waals surface area contributed by atoms with E-state index in [4.69, 9.17) is 0 Å². The zero-order chi connectivity index (χ0) is 8.39. The maximum atomic E-state index is 3.39. The molecular formula is C11H13N. The summed E-state index contributed by atoms with van der Waals surface area (Å²) in [5.74, 6) is 0. The second kappa shape index (κ2) is 3.02. The van der Waals surface area contributed by atoms with E-state index >= 15 is 0 Å². The molecule has 1 aromatic carbocycles. The van der Waals surface area contributed by atoms with Crippen molar-refractivity contribution in [2.45, 2.75) is 13.3 Å². The normalized spacial score (nSPS) is 12.9. The lowest BCUT2D eigenvalue weighted by atomic mass is 9.94. The van der Waals surface area contributed by atoms with Crippen LogP contribution in [0.3, 0.4) is 0 Å². The Morgan fingerprint density at radius 1 is 1.25 bits per heavy atom. The van der Waals surface area contributed by atoms with E-state index in [2.05, 4.69) is 42.6 Å². The van der Waals surface area contributed by atoms with Crippen molar-refractivity contribution < 1.29 is 0 Å². The van der Waals surface area contributed by atoms with E-state index in [0.717, 1.165) is 6.54 Å². The van der Waals surface area contributed by atoms with Crippen LogP contribution in [-0.4, -0.2) is 6.54 Å². The quantitative estimate of drug-likeness (QED) is 0.714. The van der Waals surface area contributed by atoms with Gasteiger partial charge in [-0.2, -0.15) is 0 Å². The van der Waals surface area contributed by atoms with Crippen molar-refractivity contribution in [3.8, 4) is 0 Å². The maximum Gasteiger partial charge on any atom is 0.0426 e. The van der Waals surface area contributed by atoms with E-state index in [-0.39, 0.29) is 0 Å². The van der Waals surface area contributed by atoms with Crippen molar-refractivity contribution in [3.63, 3.8) is 0 Å². The highest BCUT2D eigenvalue weighted by atomic mass is 14.9. The van der Waals surface area contributed by atoms with Gasteiger partial charge in [0.05, 0.1) is 0 Å². The lowest BCUT2D eigenvalue weighted by Gasteiger charge is -2.20. The highest BCUT2D eigenvalue weighted by Crippen LogP contribution is 2.29. The number of fused-ring (bicyclic) bond motifs is 1. The van der Waals surface area contributed by atoms with Gasteiger partial charge in [0.2, 0.25) is 0 Å². The lowest BCUT2D eigenvalue weighted by Crippen LogP contribution is -2.17. The van der Waals surface area contributed by atoms with Crippen LogP contribution in [0.1, 0.15) is 24.5 Å². The van der Waals surface area contributed by atoms with Crippen molar-refractivity contribution in [3.05, 3.63) is 35.4 Å². The molecule has 0 saturated carbocycles. The number of nitrogens with one attached hydrogen (secondary N) is 1. The summed E-state index contributed by atoms with van der Waals surface area (Å²) < 4.78 is 0. The first-order chi connectivity index (χ1) is 5.92. The fourth-order valence-electron chi connectivity index (χ4n) is 1.43. The highest BCUT2D eigenvalue weighted by Gasteiger charge is 2.13. The van der Waals surface area contributed by atoms with Crippen LogP contribution in [0.4, 0.5) is 0 Å². The fourth-order valence-corrected chi connectivity index (χ4v) is 1.43. The predicted octanol–water partition coefficient (Wildman–Crippen LogP) is 2.50. The second-order valence-electron chi connectivity index (χ2n) is 3.07. The van der Waals surface area contributed by atoms with Crippen molar-refractivity contribution in [1.82, 2.24) is 5.32 Å². The molecule has 0 amide bonds. The largest absolute Gasteiger partial charge is 0.385 e. The van der Waals surface area contributed by atoms with Gasteiger partial charge in [-0.1, -0.05) is 31.2 Å². The predicted molar refractivity (Wildman–Crippen MR) is 52.6 cm³/mol. The summed E-state index contributed by atoms with van der Waals surface area (Å²) in [6, 6.07) is 8.46. The summed E-state index contributed by atoms with van der Waals surface area (Å²) in [5.41, 5.74) is 4.02. The standard InChI is InChI=1S/C11H13N/c1-2-7-12-11-8-9-5-3-4-6-10(9)11/h3-6,8,12H,2,7H2,1H3. The van der Waals surface area contributed by atoms with Crippen molar-refractivity contribution in [2.24, 2.45) is 0 Å². The zero-order valence-electron chi connectivity index (χ0n) is 7.30.